The van der Waals surface area contributed by atoms with E-state index >= 15 is 0 Å². The van der Waals surface area contributed by atoms with Crippen LogP contribution >= 0.6 is 0 Å². The van der Waals surface area contributed by atoms with E-state index in [9.17, 15) is 15.0 Å². The Kier molecular flexibility index (Phi) is 15.8. The largest absolute Gasteiger partial charge is 1.00 e. The second-order valence-corrected chi connectivity index (χ2v) is 6.51. The second-order valence-electron chi connectivity index (χ2n) is 6.51. The van der Waals surface area contributed by atoms with Crippen molar-refractivity contribution in [1.82, 2.24) is 0 Å². The van der Waals surface area contributed by atoms with Crippen LogP contribution in [-0.4, -0.2) is 16.6 Å². The third kappa shape index (κ3) is 10.3. The van der Waals surface area contributed by atoms with Crippen molar-refractivity contribution in [3.63, 3.8) is 0 Å². The number of aromatic carboxylic acids is 1. The summed E-state index contributed by atoms with van der Waals surface area (Å²) in [6, 6.07) is 4.83. The molecule has 0 bridgehead atoms. The van der Waals surface area contributed by atoms with Crippen LogP contribution in [-0.2, 0) is 6.42 Å². The van der Waals surface area contributed by atoms with Crippen molar-refractivity contribution in [3.8, 4) is 5.75 Å². The van der Waals surface area contributed by atoms with Gasteiger partial charge in [-0.1, -0.05) is 70.9 Å². The third-order valence-corrected chi connectivity index (χ3v) is 4.07. The zero-order valence-electron chi connectivity index (χ0n) is 15.4. The molecule has 0 spiro atoms. The number of para-hydroxylation sites is 1. The van der Waals surface area contributed by atoms with Crippen molar-refractivity contribution in [2.75, 3.05) is 0 Å². The Morgan fingerprint density at radius 3 is 2.12 bits per heavy atom. The van der Waals surface area contributed by atoms with Crippen LogP contribution < -0.4 is 34.7 Å². The SMILES string of the molecule is CC(C)CCCCCCCCCc1cccc(C(=O)[O-])c1O.O.[Na+]. The van der Waals surface area contributed by atoms with Gasteiger partial charge in [-0.2, -0.15) is 0 Å². The van der Waals surface area contributed by atoms with Crippen molar-refractivity contribution in [2.45, 2.75) is 71.6 Å². The molecule has 0 radical (unpaired) electrons. The van der Waals surface area contributed by atoms with Gasteiger partial charge in [0.25, 0.3) is 0 Å². The number of carbonyl (C=O) groups excluding carboxylic acids is 1. The molecule has 1 aromatic carbocycles. The summed E-state index contributed by atoms with van der Waals surface area (Å²) in [4.78, 5) is 10.8. The van der Waals surface area contributed by atoms with Crippen LogP contribution in [0.4, 0.5) is 0 Å². The number of hydrogen-bond donors (Lipinski definition) is 1. The van der Waals surface area contributed by atoms with Crippen molar-refractivity contribution in [1.29, 1.82) is 0 Å². The van der Waals surface area contributed by atoms with Gasteiger partial charge in [-0.05, 0) is 30.4 Å². The number of carboxylic acid groups (broad SMARTS) is 1. The number of aryl methyl sites for hydroxylation is 1. The molecule has 0 aliphatic carbocycles. The predicted molar refractivity (Wildman–Crippen MR) is 91.5 cm³/mol. The molecule has 132 valence electrons. The first kappa shape index (κ1) is 25.7. The van der Waals surface area contributed by atoms with Gasteiger partial charge in [-0.25, -0.2) is 0 Å². The summed E-state index contributed by atoms with van der Waals surface area (Å²) >= 11 is 0. The van der Waals surface area contributed by atoms with E-state index in [2.05, 4.69) is 13.8 Å². The predicted octanol–water partition coefficient (Wildman–Crippen LogP) is 0.254. The fraction of sp³-hybridized carbons (Fsp3) is 0.632. The van der Waals surface area contributed by atoms with Crippen LogP contribution in [0.25, 0.3) is 0 Å². The molecule has 0 saturated heterocycles. The van der Waals surface area contributed by atoms with Crippen molar-refractivity contribution in [3.05, 3.63) is 29.3 Å². The van der Waals surface area contributed by atoms with Crippen LogP contribution in [0.5, 0.6) is 5.75 Å². The summed E-state index contributed by atoms with van der Waals surface area (Å²) in [6.07, 6.45) is 10.6. The summed E-state index contributed by atoms with van der Waals surface area (Å²) in [7, 11) is 0. The average Bonchev–Trinajstić information content (AvgIpc) is 2.46. The Morgan fingerprint density at radius 2 is 1.58 bits per heavy atom. The van der Waals surface area contributed by atoms with Crippen molar-refractivity contribution in [2.24, 2.45) is 5.92 Å². The quantitative estimate of drug-likeness (QED) is 0.460. The smallest absolute Gasteiger partial charge is 0.545 e. The number of aromatic hydroxyl groups is 1. The van der Waals surface area contributed by atoms with E-state index in [0.717, 1.165) is 25.2 Å². The summed E-state index contributed by atoms with van der Waals surface area (Å²) in [6.45, 7) is 4.54. The zero-order valence-corrected chi connectivity index (χ0v) is 17.4. The second kappa shape index (κ2) is 14.8. The summed E-state index contributed by atoms with van der Waals surface area (Å²) in [5, 5.41) is 20.7. The Balaban J connectivity index is 0. The van der Waals surface area contributed by atoms with Gasteiger partial charge in [0.05, 0.1) is 5.97 Å². The van der Waals surface area contributed by atoms with Gasteiger partial charge in [-0.15, -0.1) is 0 Å². The Bertz CT molecular complexity index is 461. The molecule has 24 heavy (non-hydrogen) atoms. The number of carbonyl (C=O) groups is 1. The summed E-state index contributed by atoms with van der Waals surface area (Å²) in [5.41, 5.74) is 0.598. The molecular formula is C19H31NaO4. The number of unbranched alkanes of at least 4 members (excludes halogenated alkanes) is 6. The number of carboxylic acids is 1. The van der Waals surface area contributed by atoms with E-state index in [1.807, 2.05) is 0 Å². The van der Waals surface area contributed by atoms with Gasteiger partial charge in [-0.3, -0.25) is 0 Å². The van der Waals surface area contributed by atoms with E-state index in [1.54, 1.807) is 12.1 Å². The maximum atomic E-state index is 10.8. The van der Waals surface area contributed by atoms with Gasteiger partial charge in [0, 0.05) is 5.56 Å². The average molecular weight is 346 g/mol. The first-order chi connectivity index (χ1) is 10.5. The summed E-state index contributed by atoms with van der Waals surface area (Å²) < 4.78 is 0. The standard InChI is InChI=1S/C19H30O3.Na.H2O/c1-15(2)11-8-6-4-3-5-7-9-12-16-13-10-14-17(18(16)20)19(21)22;;/h10,13-15,20H,3-9,11-12H2,1-2H3,(H,21,22);;1H2/q;+1;/p-1. The molecular weight excluding hydrogens is 315 g/mol. The molecule has 0 heterocycles. The van der Waals surface area contributed by atoms with Crippen LogP contribution in [0.3, 0.4) is 0 Å². The fourth-order valence-electron chi connectivity index (χ4n) is 2.71. The molecule has 0 fully saturated rings. The normalized spacial score (nSPS) is 10.1. The maximum absolute atomic E-state index is 10.8. The van der Waals surface area contributed by atoms with E-state index in [4.69, 9.17) is 0 Å². The fourth-order valence-corrected chi connectivity index (χ4v) is 2.71. The van der Waals surface area contributed by atoms with Crippen molar-refractivity contribution < 1.29 is 50.0 Å². The molecule has 0 unspecified atom stereocenters. The minimum Gasteiger partial charge on any atom is -0.545 e. The Hall–Kier alpha value is -0.550. The molecule has 0 aliphatic rings. The number of phenols is 1. The minimum atomic E-state index is -1.32. The molecule has 1 rings (SSSR count). The first-order valence-electron chi connectivity index (χ1n) is 8.54. The Morgan fingerprint density at radius 1 is 1.04 bits per heavy atom. The van der Waals surface area contributed by atoms with Crippen LogP contribution in [0.1, 0.15) is 81.1 Å². The van der Waals surface area contributed by atoms with Gasteiger partial charge in [0.2, 0.25) is 0 Å². The topological polar surface area (TPSA) is 91.9 Å². The molecule has 5 heteroatoms. The van der Waals surface area contributed by atoms with E-state index in [-0.39, 0.29) is 46.3 Å². The van der Waals surface area contributed by atoms with Crippen LogP contribution in [0.15, 0.2) is 18.2 Å². The molecule has 0 aromatic heterocycles. The zero-order chi connectivity index (χ0) is 16.4. The maximum Gasteiger partial charge on any atom is 1.00 e. The van der Waals surface area contributed by atoms with Crippen LogP contribution in [0.2, 0.25) is 0 Å². The van der Waals surface area contributed by atoms with Gasteiger partial charge in [0.1, 0.15) is 5.75 Å². The molecule has 1 aromatic rings. The van der Waals surface area contributed by atoms with E-state index in [0.29, 0.717) is 5.56 Å². The molecule has 0 atom stereocenters. The molecule has 3 N–H and O–H groups in total. The van der Waals surface area contributed by atoms with E-state index < -0.39 is 5.97 Å². The van der Waals surface area contributed by atoms with Gasteiger partial charge < -0.3 is 20.5 Å². The van der Waals surface area contributed by atoms with E-state index in [1.165, 1.54) is 44.6 Å². The number of benzene rings is 1. The number of rotatable bonds is 11. The Labute approximate surface area is 168 Å². The third-order valence-electron chi connectivity index (χ3n) is 4.07. The van der Waals surface area contributed by atoms with Crippen LogP contribution in [0, 0.1) is 5.92 Å². The molecule has 0 saturated carbocycles. The first-order valence-corrected chi connectivity index (χ1v) is 8.54. The van der Waals surface area contributed by atoms with Gasteiger partial charge >= 0.3 is 29.6 Å². The van der Waals surface area contributed by atoms with Gasteiger partial charge in [0.15, 0.2) is 0 Å². The minimum absolute atomic E-state index is 0. The molecule has 0 amide bonds. The van der Waals surface area contributed by atoms with Crippen molar-refractivity contribution >= 4 is 5.97 Å². The monoisotopic (exact) mass is 346 g/mol. The molecule has 0 aliphatic heterocycles. The molecule has 4 nitrogen and oxygen atoms in total. The number of hydrogen-bond acceptors (Lipinski definition) is 3. The summed E-state index contributed by atoms with van der Waals surface area (Å²) in [5.74, 6) is -0.638.